The summed E-state index contributed by atoms with van der Waals surface area (Å²) >= 11 is 0. The van der Waals surface area contributed by atoms with Gasteiger partial charge in [-0.15, -0.1) is 0 Å². The van der Waals surface area contributed by atoms with Crippen LogP contribution in [0.25, 0.3) is 0 Å². The number of nitrogens with zero attached hydrogens (tertiary/aromatic N) is 2. The average Bonchev–Trinajstić information content (AvgIpc) is 2.69. The van der Waals surface area contributed by atoms with Gasteiger partial charge in [-0.3, -0.25) is 4.55 Å². The third-order valence-electron chi connectivity index (χ3n) is 5.67. The van der Waals surface area contributed by atoms with Crippen molar-refractivity contribution in [2.75, 3.05) is 38.0 Å². The molecular weight excluding hydrogens is 408 g/mol. The third kappa shape index (κ3) is 4.75. The highest BCUT2D eigenvalue weighted by Gasteiger charge is 2.27. The van der Waals surface area contributed by atoms with Crippen LogP contribution in [-0.4, -0.2) is 41.2 Å². The van der Waals surface area contributed by atoms with Crippen molar-refractivity contribution >= 4 is 21.5 Å². The Bertz CT molecular complexity index is 1140. The molecular formula is C25H30N2O3S. The maximum Gasteiger partial charge on any atom is 0.294 e. The molecule has 3 aromatic rings. The molecule has 3 rings (SSSR count). The molecule has 5 nitrogen and oxygen atoms in total. The van der Waals surface area contributed by atoms with Gasteiger partial charge in [-0.1, -0.05) is 30.3 Å². The molecule has 0 aliphatic carbocycles. The molecule has 3 aromatic carbocycles. The van der Waals surface area contributed by atoms with Crippen molar-refractivity contribution in [3.8, 4) is 0 Å². The summed E-state index contributed by atoms with van der Waals surface area (Å²) in [6, 6.07) is 19.1. The highest BCUT2D eigenvalue weighted by molar-refractivity contribution is 7.85. The van der Waals surface area contributed by atoms with Crippen molar-refractivity contribution in [3.05, 3.63) is 88.5 Å². The fourth-order valence-electron chi connectivity index (χ4n) is 3.98. The van der Waals surface area contributed by atoms with Gasteiger partial charge in [0.1, 0.15) is 0 Å². The minimum absolute atomic E-state index is 0.0628. The normalized spacial score (nSPS) is 11.6. The van der Waals surface area contributed by atoms with Crippen molar-refractivity contribution in [1.82, 2.24) is 0 Å². The number of rotatable bonds is 6. The molecule has 1 N–H and O–H groups in total. The average molecular weight is 439 g/mol. The first-order valence-corrected chi connectivity index (χ1v) is 11.6. The lowest BCUT2D eigenvalue weighted by Crippen LogP contribution is -2.14. The standard InChI is InChI=1S/C25H30N2O3S/c1-17-15-19(26(3)4)11-13-21(17)25(22-14-12-20(27(5)6)16-18(22)2)23-9-7-8-10-24(23)31(28,29)30/h7-16,25H,1-6H3,(H,28,29,30). The van der Waals surface area contributed by atoms with Crippen LogP contribution in [0.2, 0.25) is 0 Å². The van der Waals surface area contributed by atoms with Crippen LogP contribution in [0, 0.1) is 13.8 Å². The first kappa shape index (κ1) is 22.8. The van der Waals surface area contributed by atoms with Crippen molar-refractivity contribution in [3.63, 3.8) is 0 Å². The fraction of sp³-hybridized carbons (Fsp3) is 0.280. The number of hydrogen-bond acceptors (Lipinski definition) is 4. The Balaban J connectivity index is 2.32. The molecule has 0 radical (unpaired) electrons. The van der Waals surface area contributed by atoms with Gasteiger partial charge in [0, 0.05) is 45.5 Å². The highest BCUT2D eigenvalue weighted by Crippen LogP contribution is 2.40. The Hall–Kier alpha value is -2.83. The lowest BCUT2D eigenvalue weighted by Gasteiger charge is -2.26. The largest absolute Gasteiger partial charge is 0.378 e. The van der Waals surface area contributed by atoms with Crippen LogP contribution in [0.5, 0.6) is 0 Å². The van der Waals surface area contributed by atoms with Crippen LogP contribution in [0.3, 0.4) is 0 Å². The van der Waals surface area contributed by atoms with E-state index in [1.54, 1.807) is 12.1 Å². The van der Waals surface area contributed by atoms with Gasteiger partial charge < -0.3 is 9.80 Å². The summed E-state index contributed by atoms with van der Waals surface area (Å²) in [6.45, 7) is 4.07. The fourth-order valence-corrected chi connectivity index (χ4v) is 4.71. The zero-order valence-corrected chi connectivity index (χ0v) is 19.7. The van der Waals surface area contributed by atoms with Gasteiger partial charge >= 0.3 is 0 Å². The predicted octanol–water partition coefficient (Wildman–Crippen LogP) is 4.86. The van der Waals surface area contributed by atoms with Crippen LogP contribution >= 0.6 is 0 Å². The molecule has 0 aliphatic rings. The maximum atomic E-state index is 12.2. The van der Waals surface area contributed by atoms with E-state index in [-0.39, 0.29) is 10.8 Å². The summed E-state index contributed by atoms with van der Waals surface area (Å²) < 4.78 is 34.4. The first-order valence-electron chi connectivity index (χ1n) is 10.1. The Labute approximate surface area is 185 Å². The summed E-state index contributed by atoms with van der Waals surface area (Å²) in [6.07, 6.45) is 0. The van der Waals surface area contributed by atoms with Crippen molar-refractivity contribution in [2.24, 2.45) is 0 Å². The molecule has 0 amide bonds. The molecule has 0 unspecified atom stereocenters. The van der Waals surface area contributed by atoms with E-state index in [4.69, 9.17) is 0 Å². The van der Waals surface area contributed by atoms with Crippen molar-refractivity contribution in [1.29, 1.82) is 0 Å². The number of aryl methyl sites for hydroxylation is 2. The lowest BCUT2D eigenvalue weighted by atomic mass is 9.81. The number of benzene rings is 3. The van der Waals surface area contributed by atoms with Gasteiger partial charge in [0.2, 0.25) is 0 Å². The number of hydrogen-bond donors (Lipinski definition) is 1. The van der Waals surface area contributed by atoms with Crippen LogP contribution in [0.15, 0.2) is 65.6 Å². The second kappa shape index (κ2) is 8.73. The molecule has 164 valence electrons. The molecule has 0 atom stereocenters. The van der Waals surface area contributed by atoms with E-state index in [2.05, 4.69) is 24.3 Å². The van der Waals surface area contributed by atoms with E-state index in [0.717, 1.165) is 33.6 Å². The SMILES string of the molecule is Cc1cc(N(C)C)ccc1C(c1ccc(N(C)C)cc1C)c1ccccc1S(=O)(=O)O. The topological polar surface area (TPSA) is 60.9 Å². The minimum atomic E-state index is -4.38. The molecule has 0 spiro atoms. The van der Waals surface area contributed by atoms with Crippen LogP contribution in [0.4, 0.5) is 11.4 Å². The highest BCUT2D eigenvalue weighted by atomic mass is 32.2. The second-order valence-electron chi connectivity index (χ2n) is 8.32. The van der Waals surface area contributed by atoms with E-state index >= 15 is 0 Å². The molecule has 0 saturated carbocycles. The summed E-state index contributed by atoms with van der Waals surface area (Å²) in [5.74, 6) is -0.342. The molecule has 0 heterocycles. The van der Waals surface area contributed by atoms with Gasteiger partial charge in [-0.2, -0.15) is 8.42 Å². The summed E-state index contributed by atoms with van der Waals surface area (Å²) in [5.41, 5.74) is 6.82. The second-order valence-corrected chi connectivity index (χ2v) is 9.71. The van der Waals surface area contributed by atoms with Crippen LogP contribution in [-0.2, 0) is 10.1 Å². The smallest absolute Gasteiger partial charge is 0.294 e. The van der Waals surface area contributed by atoms with Gasteiger partial charge in [0.25, 0.3) is 10.1 Å². The molecule has 0 bridgehead atoms. The Morgan fingerprint density at radius 1 is 0.710 bits per heavy atom. The van der Waals surface area contributed by atoms with Crippen LogP contribution in [0.1, 0.15) is 33.7 Å². The predicted molar refractivity (Wildman–Crippen MR) is 128 cm³/mol. The summed E-state index contributed by atoms with van der Waals surface area (Å²) in [4.78, 5) is 4.01. The van der Waals surface area contributed by atoms with Crippen LogP contribution < -0.4 is 9.80 Å². The quantitative estimate of drug-likeness (QED) is 0.440. The maximum absolute atomic E-state index is 12.2. The zero-order chi connectivity index (χ0) is 22.9. The zero-order valence-electron chi connectivity index (χ0n) is 18.9. The molecule has 0 aliphatic heterocycles. The monoisotopic (exact) mass is 438 g/mol. The summed E-state index contributed by atoms with van der Waals surface area (Å²) in [7, 11) is 3.58. The van der Waals surface area contributed by atoms with E-state index in [1.807, 2.05) is 70.0 Å². The lowest BCUT2D eigenvalue weighted by molar-refractivity contribution is 0.482. The Kier molecular flexibility index (Phi) is 6.43. The van der Waals surface area contributed by atoms with E-state index in [9.17, 15) is 13.0 Å². The molecule has 6 heteroatoms. The molecule has 0 fully saturated rings. The third-order valence-corrected chi connectivity index (χ3v) is 6.60. The van der Waals surface area contributed by atoms with Crippen molar-refractivity contribution in [2.45, 2.75) is 24.7 Å². The van der Waals surface area contributed by atoms with Gasteiger partial charge in [-0.25, -0.2) is 0 Å². The van der Waals surface area contributed by atoms with Gasteiger partial charge in [-0.05, 0) is 72.0 Å². The first-order chi connectivity index (χ1) is 14.5. The van der Waals surface area contributed by atoms with E-state index in [0.29, 0.717) is 5.56 Å². The molecule has 0 saturated heterocycles. The van der Waals surface area contributed by atoms with Crippen molar-refractivity contribution < 1.29 is 13.0 Å². The van der Waals surface area contributed by atoms with Gasteiger partial charge in [0.05, 0.1) is 4.90 Å². The molecule has 0 aromatic heterocycles. The van der Waals surface area contributed by atoms with E-state index < -0.39 is 10.1 Å². The summed E-state index contributed by atoms with van der Waals surface area (Å²) in [5, 5.41) is 0. The van der Waals surface area contributed by atoms with E-state index in [1.165, 1.54) is 6.07 Å². The number of anilines is 2. The molecule has 31 heavy (non-hydrogen) atoms. The van der Waals surface area contributed by atoms with Gasteiger partial charge in [0.15, 0.2) is 0 Å². The Morgan fingerprint density at radius 2 is 1.16 bits per heavy atom. The minimum Gasteiger partial charge on any atom is -0.378 e. The Morgan fingerprint density at radius 3 is 1.55 bits per heavy atom.